The highest BCUT2D eigenvalue weighted by atomic mass is 127. The summed E-state index contributed by atoms with van der Waals surface area (Å²) in [6.45, 7) is 3.69. The van der Waals surface area contributed by atoms with Crippen molar-refractivity contribution in [2.45, 2.75) is 38.8 Å². The number of hydrogen-bond acceptors (Lipinski definition) is 6. The zero-order chi connectivity index (χ0) is 22.1. The molecule has 1 aromatic carbocycles. The fraction of sp³-hybridized carbons (Fsp3) is 0.524. The molecule has 0 radical (unpaired) electrons. The number of nitrogens with zero attached hydrogens (tertiary/aromatic N) is 2. The zero-order valence-electron chi connectivity index (χ0n) is 18.5. The largest absolute Gasteiger partial charge is 0.444 e. The lowest BCUT2D eigenvalue weighted by atomic mass is 10.1. The van der Waals surface area contributed by atoms with Crippen molar-refractivity contribution in [1.29, 1.82) is 0 Å². The summed E-state index contributed by atoms with van der Waals surface area (Å²) >= 11 is 0. The van der Waals surface area contributed by atoms with Crippen LogP contribution < -0.4 is 15.4 Å². The van der Waals surface area contributed by atoms with Gasteiger partial charge in [0.25, 0.3) is 0 Å². The van der Waals surface area contributed by atoms with E-state index < -0.39 is 10.0 Å². The van der Waals surface area contributed by atoms with E-state index in [2.05, 4.69) is 25.3 Å². The van der Waals surface area contributed by atoms with Crippen LogP contribution in [0.1, 0.15) is 30.5 Å². The minimum absolute atomic E-state index is 0. The Hall–Kier alpha value is -1.70. The molecule has 0 saturated carbocycles. The van der Waals surface area contributed by atoms with Crippen molar-refractivity contribution >= 4 is 40.0 Å². The van der Waals surface area contributed by atoms with Crippen LogP contribution in [0.25, 0.3) is 11.5 Å². The number of rotatable bonds is 9. The quantitative estimate of drug-likeness (QED) is 0.238. The van der Waals surface area contributed by atoms with Crippen molar-refractivity contribution in [2.75, 3.05) is 32.5 Å². The number of sulfonamides is 1. The maximum atomic E-state index is 12.2. The molecule has 1 atom stereocenters. The molecule has 1 aliphatic rings. The first kappa shape index (κ1) is 26.6. The fourth-order valence-electron chi connectivity index (χ4n) is 3.18. The van der Waals surface area contributed by atoms with Gasteiger partial charge in [0.2, 0.25) is 15.9 Å². The molecule has 9 nitrogen and oxygen atoms in total. The predicted molar refractivity (Wildman–Crippen MR) is 136 cm³/mol. The molecule has 1 unspecified atom stereocenters. The van der Waals surface area contributed by atoms with Crippen LogP contribution >= 0.6 is 24.0 Å². The molecule has 3 rings (SSSR count). The number of aryl methyl sites for hydroxylation is 1. The van der Waals surface area contributed by atoms with Gasteiger partial charge in [0, 0.05) is 32.3 Å². The first-order chi connectivity index (χ1) is 14.9. The van der Waals surface area contributed by atoms with Gasteiger partial charge in [-0.1, -0.05) is 17.7 Å². The van der Waals surface area contributed by atoms with Crippen LogP contribution in [0.5, 0.6) is 0 Å². The number of guanidine groups is 1. The van der Waals surface area contributed by atoms with Gasteiger partial charge >= 0.3 is 0 Å². The molecule has 2 aromatic rings. The number of oxazole rings is 1. The van der Waals surface area contributed by atoms with E-state index in [0.717, 1.165) is 30.5 Å². The van der Waals surface area contributed by atoms with Gasteiger partial charge in [0.15, 0.2) is 5.96 Å². The van der Waals surface area contributed by atoms with Crippen molar-refractivity contribution in [3.05, 3.63) is 41.8 Å². The molecule has 0 aliphatic carbocycles. The second kappa shape index (κ2) is 13.1. The zero-order valence-corrected chi connectivity index (χ0v) is 21.6. The predicted octanol–water partition coefficient (Wildman–Crippen LogP) is 2.42. The monoisotopic (exact) mass is 577 g/mol. The summed E-state index contributed by atoms with van der Waals surface area (Å²) in [5.41, 5.74) is 2.81. The van der Waals surface area contributed by atoms with Gasteiger partial charge in [-0.05, 0) is 38.3 Å². The molecule has 32 heavy (non-hydrogen) atoms. The third-order valence-electron chi connectivity index (χ3n) is 4.98. The summed E-state index contributed by atoms with van der Waals surface area (Å²) in [7, 11) is -1.76. The van der Waals surface area contributed by atoms with Gasteiger partial charge in [0.1, 0.15) is 6.26 Å². The SMILES string of the molecule is CN=C(NCCS(=O)(=O)NCC1CCCCO1)NCc1coc(-c2ccc(C)cc2)n1.I. The molecule has 3 N–H and O–H groups in total. The maximum Gasteiger partial charge on any atom is 0.226 e. The van der Waals surface area contributed by atoms with E-state index in [-0.39, 0.29) is 42.4 Å². The second-order valence-electron chi connectivity index (χ2n) is 7.52. The van der Waals surface area contributed by atoms with Crippen molar-refractivity contribution < 1.29 is 17.6 Å². The number of nitrogens with one attached hydrogen (secondary N) is 3. The Labute approximate surface area is 206 Å². The standard InChI is InChI=1S/C21H31N5O4S.HI/c1-16-6-8-17(9-7-16)20-26-18(15-30-20)13-24-21(22-2)23-10-12-31(27,28)25-14-19-5-3-4-11-29-19;/h6-9,15,19,25H,3-5,10-14H2,1-2H3,(H2,22,23,24);1H. The molecule has 1 aromatic heterocycles. The topological polar surface area (TPSA) is 118 Å². The lowest BCUT2D eigenvalue weighted by Gasteiger charge is -2.22. The van der Waals surface area contributed by atoms with Gasteiger partial charge in [-0.2, -0.15) is 0 Å². The first-order valence-electron chi connectivity index (χ1n) is 10.5. The molecule has 1 saturated heterocycles. The van der Waals surface area contributed by atoms with E-state index in [0.29, 0.717) is 31.5 Å². The lowest BCUT2D eigenvalue weighted by molar-refractivity contribution is 0.0200. The number of aromatic nitrogens is 1. The average Bonchev–Trinajstić information content (AvgIpc) is 3.25. The maximum absolute atomic E-state index is 12.2. The normalized spacial score (nSPS) is 16.9. The highest BCUT2D eigenvalue weighted by Crippen LogP contribution is 2.19. The van der Waals surface area contributed by atoms with Crippen LogP contribution in [0, 0.1) is 6.92 Å². The highest BCUT2D eigenvalue weighted by Gasteiger charge is 2.17. The highest BCUT2D eigenvalue weighted by molar-refractivity contribution is 14.0. The van der Waals surface area contributed by atoms with E-state index in [9.17, 15) is 8.42 Å². The van der Waals surface area contributed by atoms with Gasteiger partial charge < -0.3 is 19.8 Å². The van der Waals surface area contributed by atoms with Crippen LogP contribution in [0.15, 0.2) is 39.9 Å². The van der Waals surface area contributed by atoms with Crippen LogP contribution in [0.2, 0.25) is 0 Å². The summed E-state index contributed by atoms with van der Waals surface area (Å²) in [4.78, 5) is 8.59. The Morgan fingerprint density at radius 2 is 2.00 bits per heavy atom. The number of benzene rings is 1. The van der Waals surface area contributed by atoms with Crippen molar-refractivity contribution in [3.8, 4) is 11.5 Å². The lowest BCUT2D eigenvalue weighted by Crippen LogP contribution is -2.42. The Morgan fingerprint density at radius 3 is 2.69 bits per heavy atom. The number of hydrogen-bond donors (Lipinski definition) is 3. The van der Waals surface area contributed by atoms with Crippen LogP contribution in [-0.2, 0) is 21.3 Å². The van der Waals surface area contributed by atoms with E-state index >= 15 is 0 Å². The Balaban J connectivity index is 0.00000363. The van der Waals surface area contributed by atoms with Crippen LogP contribution in [0.4, 0.5) is 0 Å². The minimum Gasteiger partial charge on any atom is -0.444 e. The smallest absolute Gasteiger partial charge is 0.226 e. The summed E-state index contributed by atoms with van der Waals surface area (Å²) in [5, 5.41) is 6.12. The summed E-state index contributed by atoms with van der Waals surface area (Å²) in [5.74, 6) is 0.992. The second-order valence-corrected chi connectivity index (χ2v) is 9.44. The Bertz CT molecular complexity index is 957. The summed E-state index contributed by atoms with van der Waals surface area (Å²) in [6, 6.07) is 7.95. The minimum atomic E-state index is -3.38. The molecule has 1 aliphatic heterocycles. The van der Waals surface area contributed by atoms with Gasteiger partial charge in [-0.25, -0.2) is 18.1 Å². The fourth-order valence-corrected chi connectivity index (χ4v) is 4.13. The van der Waals surface area contributed by atoms with Crippen molar-refractivity contribution in [3.63, 3.8) is 0 Å². The Kier molecular flexibility index (Phi) is 10.9. The molecule has 0 bridgehead atoms. The van der Waals surface area contributed by atoms with Crippen molar-refractivity contribution in [2.24, 2.45) is 4.99 Å². The average molecular weight is 577 g/mol. The van der Waals surface area contributed by atoms with Gasteiger partial charge in [0.05, 0.1) is 24.1 Å². The van der Waals surface area contributed by atoms with Gasteiger partial charge in [-0.15, -0.1) is 24.0 Å². The summed E-state index contributed by atoms with van der Waals surface area (Å²) < 4.78 is 38.1. The van der Waals surface area contributed by atoms with Crippen LogP contribution in [-0.4, -0.2) is 58.0 Å². The molecule has 11 heteroatoms. The van der Waals surface area contributed by atoms with Gasteiger partial charge in [-0.3, -0.25) is 4.99 Å². The van der Waals surface area contributed by atoms with E-state index in [1.54, 1.807) is 13.3 Å². The third kappa shape index (κ3) is 8.68. The molecule has 1 fully saturated rings. The van der Waals surface area contributed by atoms with Crippen molar-refractivity contribution in [1.82, 2.24) is 20.3 Å². The van der Waals surface area contributed by atoms with Crippen LogP contribution in [0.3, 0.4) is 0 Å². The third-order valence-corrected chi connectivity index (χ3v) is 6.33. The first-order valence-corrected chi connectivity index (χ1v) is 12.2. The molecule has 0 amide bonds. The number of ether oxygens (including phenoxy) is 1. The molecule has 2 heterocycles. The molecule has 178 valence electrons. The van der Waals surface area contributed by atoms with E-state index in [4.69, 9.17) is 9.15 Å². The van der Waals surface area contributed by atoms with E-state index in [1.807, 2.05) is 31.2 Å². The van der Waals surface area contributed by atoms with E-state index in [1.165, 1.54) is 5.56 Å². The molecular weight excluding hydrogens is 545 g/mol. The Morgan fingerprint density at radius 1 is 1.22 bits per heavy atom. The molecule has 0 spiro atoms. The number of aliphatic imine (C=N–C) groups is 1. The molecular formula is C21H32IN5O4S. The summed E-state index contributed by atoms with van der Waals surface area (Å²) in [6.07, 6.45) is 4.58. The number of halogens is 1.